The number of halogens is 1. The zero-order chi connectivity index (χ0) is 19.7. The lowest BCUT2D eigenvalue weighted by Gasteiger charge is -2.16. The molecule has 4 N–H and O–H groups in total. The maximum absolute atomic E-state index is 12.1. The van der Waals surface area contributed by atoms with Crippen molar-refractivity contribution >= 4 is 34.7 Å². The van der Waals surface area contributed by atoms with E-state index in [2.05, 4.69) is 15.6 Å². The molecule has 1 aromatic carbocycles. The molecule has 0 spiro atoms. The van der Waals surface area contributed by atoms with Crippen LogP contribution in [0.5, 0.6) is 5.75 Å². The lowest BCUT2D eigenvalue weighted by atomic mass is 10.1. The maximum Gasteiger partial charge on any atom is 0.256 e. The number of nitrogens with zero attached hydrogens (tertiary/aromatic N) is 1. The van der Waals surface area contributed by atoms with Gasteiger partial charge in [-0.25, -0.2) is 4.98 Å². The van der Waals surface area contributed by atoms with Crippen LogP contribution in [0.15, 0.2) is 24.3 Å². The number of carbonyl (C=O) groups excluding carboxylic acids is 1. The molecular weight excluding hydrogens is 356 g/mol. The van der Waals surface area contributed by atoms with Crippen LogP contribution in [0.2, 0.25) is 5.15 Å². The van der Waals surface area contributed by atoms with Crippen LogP contribution in [0.25, 0.3) is 0 Å². The number of rotatable bonds is 6. The molecule has 0 fully saturated rings. The van der Waals surface area contributed by atoms with Crippen molar-refractivity contribution in [2.75, 3.05) is 32.3 Å². The largest absolute Gasteiger partial charge is 0.495 e. The normalized spacial score (nSPS) is 9.77. The van der Waals surface area contributed by atoms with Gasteiger partial charge in [-0.15, -0.1) is 0 Å². The van der Waals surface area contributed by atoms with E-state index in [1.54, 1.807) is 14.2 Å². The van der Waals surface area contributed by atoms with Crippen LogP contribution in [-0.4, -0.2) is 32.2 Å². The fourth-order valence-corrected chi connectivity index (χ4v) is 2.44. The first kappa shape index (κ1) is 21.5. The van der Waals surface area contributed by atoms with Crippen molar-refractivity contribution in [1.82, 2.24) is 10.3 Å². The van der Waals surface area contributed by atoms with Crippen molar-refractivity contribution in [3.8, 4) is 5.75 Å². The van der Waals surface area contributed by atoms with Gasteiger partial charge in [-0.1, -0.05) is 31.5 Å². The van der Waals surface area contributed by atoms with Gasteiger partial charge in [0, 0.05) is 14.2 Å². The number of benzene rings is 1. The molecule has 0 saturated heterocycles. The summed E-state index contributed by atoms with van der Waals surface area (Å²) in [5.41, 5.74) is 8.10. The summed E-state index contributed by atoms with van der Waals surface area (Å²) < 4.78 is 10.5. The molecule has 0 atom stereocenters. The highest BCUT2D eigenvalue weighted by Gasteiger charge is 2.18. The number of nitrogens with one attached hydrogen (secondary N) is 2. The minimum Gasteiger partial charge on any atom is -0.495 e. The summed E-state index contributed by atoms with van der Waals surface area (Å²) in [4.78, 5) is 16.0. The van der Waals surface area contributed by atoms with Crippen molar-refractivity contribution in [2.45, 2.75) is 20.5 Å². The van der Waals surface area contributed by atoms with Crippen LogP contribution in [0.3, 0.4) is 0 Å². The van der Waals surface area contributed by atoms with Crippen molar-refractivity contribution < 1.29 is 14.3 Å². The average molecular weight is 381 g/mol. The Bertz CT molecular complexity index is 753. The summed E-state index contributed by atoms with van der Waals surface area (Å²) in [7, 11) is 4.70. The Labute approximate surface area is 158 Å². The molecule has 0 bridgehead atoms. The predicted molar refractivity (Wildman–Crippen MR) is 105 cm³/mol. The fourth-order valence-electron chi connectivity index (χ4n) is 2.24. The van der Waals surface area contributed by atoms with Gasteiger partial charge in [-0.05, 0) is 23.8 Å². The SMILES string of the molecule is CC.CNC(=O)c1c(Nc2ccc(COC)cc2OC)cc(Cl)nc1N. The highest BCUT2D eigenvalue weighted by molar-refractivity contribution is 6.30. The standard InChI is InChI=1S/C16H19ClN4O3.C2H6/c1-19-16(22)14-11(7-13(17)21-15(14)18)20-10-5-4-9(8-23-2)6-12(10)24-3;1-2/h4-7H,8H2,1-3H3,(H,19,22)(H3,18,20,21);1-2H3. The van der Waals surface area contributed by atoms with E-state index >= 15 is 0 Å². The molecule has 1 aromatic heterocycles. The number of hydrogen-bond donors (Lipinski definition) is 3. The third-order valence-electron chi connectivity index (χ3n) is 3.32. The highest BCUT2D eigenvalue weighted by atomic mass is 35.5. The molecule has 7 nitrogen and oxygen atoms in total. The summed E-state index contributed by atoms with van der Waals surface area (Å²) >= 11 is 5.97. The lowest BCUT2D eigenvalue weighted by Crippen LogP contribution is -2.21. The molecule has 0 saturated carbocycles. The van der Waals surface area contributed by atoms with Gasteiger partial charge in [-0.3, -0.25) is 4.79 Å². The Morgan fingerprint density at radius 3 is 2.50 bits per heavy atom. The maximum atomic E-state index is 12.1. The molecule has 0 aliphatic rings. The number of ether oxygens (including phenoxy) is 2. The second-order valence-electron chi connectivity index (χ2n) is 4.92. The smallest absolute Gasteiger partial charge is 0.256 e. The Morgan fingerprint density at radius 2 is 1.92 bits per heavy atom. The molecule has 142 valence electrons. The average Bonchev–Trinajstić information content (AvgIpc) is 2.64. The van der Waals surface area contributed by atoms with Crippen molar-refractivity contribution in [2.24, 2.45) is 0 Å². The Hall–Kier alpha value is -2.51. The topological polar surface area (TPSA) is 98.5 Å². The molecule has 1 heterocycles. The number of hydrogen-bond acceptors (Lipinski definition) is 6. The number of nitrogen functional groups attached to an aromatic ring is 1. The van der Waals surface area contributed by atoms with Crippen LogP contribution in [0.4, 0.5) is 17.2 Å². The van der Waals surface area contributed by atoms with Crippen molar-refractivity contribution in [3.05, 3.63) is 40.5 Å². The number of pyridine rings is 1. The van der Waals surface area contributed by atoms with Crippen LogP contribution >= 0.6 is 11.6 Å². The van der Waals surface area contributed by atoms with Gasteiger partial charge in [0.2, 0.25) is 0 Å². The highest BCUT2D eigenvalue weighted by Crippen LogP contribution is 2.32. The van der Waals surface area contributed by atoms with Crippen LogP contribution < -0.4 is 21.1 Å². The second-order valence-corrected chi connectivity index (χ2v) is 5.31. The summed E-state index contributed by atoms with van der Waals surface area (Å²) in [6.07, 6.45) is 0. The molecule has 2 rings (SSSR count). The molecule has 1 amide bonds. The Morgan fingerprint density at radius 1 is 1.23 bits per heavy atom. The first-order chi connectivity index (χ1) is 12.5. The van der Waals surface area contributed by atoms with E-state index in [0.29, 0.717) is 23.7 Å². The predicted octanol–water partition coefficient (Wildman–Crippen LogP) is 3.60. The van der Waals surface area contributed by atoms with E-state index < -0.39 is 0 Å². The number of nitrogens with two attached hydrogens (primary N) is 1. The van der Waals surface area contributed by atoms with Crippen LogP contribution in [0.1, 0.15) is 29.8 Å². The van der Waals surface area contributed by atoms with Crippen molar-refractivity contribution in [1.29, 1.82) is 0 Å². The van der Waals surface area contributed by atoms with E-state index in [9.17, 15) is 4.79 Å². The van der Waals surface area contributed by atoms with Gasteiger partial charge in [0.05, 0.1) is 25.1 Å². The third-order valence-corrected chi connectivity index (χ3v) is 3.51. The van der Waals surface area contributed by atoms with Crippen LogP contribution in [0, 0.1) is 0 Å². The van der Waals surface area contributed by atoms with Gasteiger partial charge in [0.1, 0.15) is 22.3 Å². The first-order valence-electron chi connectivity index (χ1n) is 8.11. The molecule has 0 aliphatic heterocycles. The third kappa shape index (κ3) is 5.24. The Balaban J connectivity index is 0.00000163. The number of aromatic nitrogens is 1. The van der Waals surface area contributed by atoms with Crippen LogP contribution in [-0.2, 0) is 11.3 Å². The monoisotopic (exact) mass is 380 g/mol. The van der Waals surface area contributed by atoms with Gasteiger partial charge in [-0.2, -0.15) is 0 Å². The molecule has 8 heteroatoms. The Kier molecular flexibility index (Phi) is 8.67. The second kappa shape index (κ2) is 10.5. The first-order valence-corrected chi connectivity index (χ1v) is 8.49. The zero-order valence-corrected chi connectivity index (χ0v) is 16.4. The number of amides is 1. The van der Waals surface area contributed by atoms with E-state index in [1.165, 1.54) is 13.1 Å². The summed E-state index contributed by atoms with van der Waals surface area (Å²) in [5, 5.41) is 5.84. The van der Waals surface area contributed by atoms with Gasteiger partial charge < -0.3 is 25.8 Å². The lowest BCUT2D eigenvalue weighted by molar-refractivity contribution is 0.0964. The van der Waals surface area contributed by atoms with Crippen molar-refractivity contribution in [3.63, 3.8) is 0 Å². The number of carbonyl (C=O) groups is 1. The van der Waals surface area contributed by atoms with E-state index in [1.807, 2.05) is 32.0 Å². The summed E-state index contributed by atoms with van der Waals surface area (Å²) in [6, 6.07) is 7.09. The number of methoxy groups -OCH3 is 2. The van der Waals surface area contributed by atoms with E-state index in [-0.39, 0.29) is 22.4 Å². The molecule has 0 unspecified atom stereocenters. The number of anilines is 3. The van der Waals surface area contributed by atoms with Gasteiger partial charge >= 0.3 is 0 Å². The fraction of sp³-hybridized carbons (Fsp3) is 0.333. The molecular formula is C18H25ClN4O3. The minimum atomic E-state index is -0.367. The molecule has 2 aromatic rings. The zero-order valence-electron chi connectivity index (χ0n) is 15.6. The summed E-state index contributed by atoms with van der Waals surface area (Å²) in [5.74, 6) is 0.271. The van der Waals surface area contributed by atoms with E-state index in [4.69, 9.17) is 26.8 Å². The van der Waals surface area contributed by atoms with Gasteiger partial charge in [0.25, 0.3) is 5.91 Å². The summed E-state index contributed by atoms with van der Waals surface area (Å²) in [6.45, 7) is 4.47. The molecule has 0 radical (unpaired) electrons. The molecule has 0 aliphatic carbocycles. The minimum absolute atomic E-state index is 0.0410. The quantitative estimate of drug-likeness (QED) is 0.662. The molecule has 26 heavy (non-hydrogen) atoms. The van der Waals surface area contributed by atoms with Gasteiger partial charge in [0.15, 0.2) is 0 Å². The van der Waals surface area contributed by atoms with E-state index in [0.717, 1.165) is 5.56 Å².